The number of nitrogens with zero attached hydrogens (tertiary/aromatic N) is 3. The van der Waals surface area contributed by atoms with Gasteiger partial charge in [-0.15, -0.1) is 6.58 Å². The fourth-order valence-electron chi connectivity index (χ4n) is 3.34. The number of ether oxygens (including phenoxy) is 1. The number of fused-ring (bicyclic) bond motifs is 1. The smallest absolute Gasteiger partial charge is 0.262 e. The van der Waals surface area contributed by atoms with Crippen LogP contribution in [0, 0.1) is 13.8 Å². The first-order valence-corrected chi connectivity index (χ1v) is 10.4. The molecule has 0 spiro atoms. The van der Waals surface area contributed by atoms with E-state index in [0.717, 1.165) is 11.4 Å². The standard InChI is InChI=1S/C22H25N3O3S/c1-5-10-24-15(2)13-18(16(24)3)20(26)14-29-22-23-19-9-7-6-8-17(19)21(27)25(22)11-12-28-4/h5-9,13H,1,10-12,14H2,2-4H3. The number of carbonyl (C=O) groups is 1. The predicted molar refractivity (Wildman–Crippen MR) is 117 cm³/mol. The Balaban J connectivity index is 1.90. The first kappa shape index (κ1) is 21.1. The summed E-state index contributed by atoms with van der Waals surface area (Å²) in [5.41, 5.74) is 3.16. The molecule has 0 fully saturated rings. The number of rotatable bonds is 9. The highest BCUT2D eigenvalue weighted by atomic mass is 32.2. The van der Waals surface area contributed by atoms with Crippen LogP contribution in [-0.4, -0.2) is 39.4 Å². The molecule has 3 aromatic rings. The van der Waals surface area contributed by atoms with Crippen LogP contribution in [0.15, 0.2) is 52.9 Å². The summed E-state index contributed by atoms with van der Waals surface area (Å²) in [5.74, 6) is 0.218. The van der Waals surface area contributed by atoms with E-state index in [4.69, 9.17) is 4.74 Å². The first-order chi connectivity index (χ1) is 14.0. The second-order valence-electron chi connectivity index (χ2n) is 6.76. The number of hydrogen-bond donors (Lipinski definition) is 0. The number of allylic oxidation sites excluding steroid dienone is 1. The second-order valence-corrected chi connectivity index (χ2v) is 7.70. The highest BCUT2D eigenvalue weighted by Gasteiger charge is 2.18. The van der Waals surface area contributed by atoms with E-state index < -0.39 is 0 Å². The predicted octanol–water partition coefficient (Wildman–Crippen LogP) is 3.62. The summed E-state index contributed by atoms with van der Waals surface area (Å²) < 4.78 is 8.79. The fraction of sp³-hybridized carbons (Fsp3) is 0.318. The minimum absolute atomic E-state index is 0.0131. The van der Waals surface area contributed by atoms with Crippen molar-refractivity contribution in [3.63, 3.8) is 0 Å². The van der Waals surface area contributed by atoms with Gasteiger partial charge in [0.15, 0.2) is 10.9 Å². The van der Waals surface area contributed by atoms with E-state index in [-0.39, 0.29) is 17.1 Å². The zero-order chi connectivity index (χ0) is 21.0. The molecule has 1 aromatic carbocycles. The van der Waals surface area contributed by atoms with Gasteiger partial charge in [0.1, 0.15) is 0 Å². The van der Waals surface area contributed by atoms with Crippen LogP contribution in [0.1, 0.15) is 21.7 Å². The zero-order valence-corrected chi connectivity index (χ0v) is 17.8. The third kappa shape index (κ3) is 4.36. The number of Topliss-reactive ketones (excluding diaryl/α,β-unsaturated/α-hetero) is 1. The van der Waals surface area contributed by atoms with Gasteiger partial charge >= 0.3 is 0 Å². The minimum Gasteiger partial charge on any atom is -0.383 e. The summed E-state index contributed by atoms with van der Waals surface area (Å²) in [7, 11) is 1.59. The van der Waals surface area contributed by atoms with Crippen molar-refractivity contribution in [1.29, 1.82) is 0 Å². The Morgan fingerprint density at radius 1 is 1.28 bits per heavy atom. The van der Waals surface area contributed by atoms with E-state index in [0.29, 0.717) is 41.3 Å². The summed E-state index contributed by atoms with van der Waals surface area (Å²) >= 11 is 1.28. The summed E-state index contributed by atoms with van der Waals surface area (Å²) in [6.07, 6.45) is 1.82. The van der Waals surface area contributed by atoms with Crippen molar-refractivity contribution >= 4 is 28.4 Å². The van der Waals surface area contributed by atoms with Gasteiger partial charge in [-0.1, -0.05) is 30.0 Å². The lowest BCUT2D eigenvalue weighted by Crippen LogP contribution is -2.25. The van der Waals surface area contributed by atoms with Gasteiger partial charge in [0.05, 0.1) is 29.8 Å². The van der Waals surface area contributed by atoms with E-state index in [1.807, 2.05) is 44.2 Å². The molecule has 152 valence electrons. The van der Waals surface area contributed by atoms with Crippen LogP contribution in [0.3, 0.4) is 0 Å². The maximum Gasteiger partial charge on any atom is 0.262 e. The number of thioether (sulfide) groups is 1. The average molecular weight is 412 g/mol. The Morgan fingerprint density at radius 2 is 2.03 bits per heavy atom. The summed E-state index contributed by atoms with van der Waals surface area (Å²) in [6.45, 7) is 9.14. The molecule has 0 aliphatic carbocycles. The molecule has 2 aromatic heterocycles. The highest BCUT2D eigenvalue weighted by Crippen LogP contribution is 2.22. The number of aromatic nitrogens is 3. The van der Waals surface area contributed by atoms with Gasteiger partial charge in [0.2, 0.25) is 0 Å². The SMILES string of the molecule is C=CCn1c(C)cc(C(=O)CSc2nc3ccccc3c(=O)n2CCOC)c1C. The molecule has 0 aliphatic rings. The zero-order valence-electron chi connectivity index (χ0n) is 17.0. The van der Waals surface area contributed by atoms with Gasteiger partial charge in [0.25, 0.3) is 5.56 Å². The van der Waals surface area contributed by atoms with Gasteiger partial charge in [-0.2, -0.15) is 0 Å². The van der Waals surface area contributed by atoms with Crippen molar-refractivity contribution in [2.45, 2.75) is 32.1 Å². The maximum absolute atomic E-state index is 12.9. The molecule has 0 bridgehead atoms. The quantitative estimate of drug-likeness (QED) is 0.233. The lowest BCUT2D eigenvalue weighted by Gasteiger charge is -2.12. The first-order valence-electron chi connectivity index (χ1n) is 9.40. The normalized spacial score (nSPS) is 11.1. The van der Waals surface area contributed by atoms with Crippen LogP contribution in [-0.2, 0) is 17.8 Å². The highest BCUT2D eigenvalue weighted by molar-refractivity contribution is 7.99. The van der Waals surface area contributed by atoms with Gasteiger partial charge < -0.3 is 9.30 Å². The number of methoxy groups -OCH3 is 1. The summed E-state index contributed by atoms with van der Waals surface area (Å²) in [5, 5.41) is 1.09. The van der Waals surface area contributed by atoms with Crippen molar-refractivity contribution in [3.8, 4) is 0 Å². The van der Waals surface area contributed by atoms with Crippen LogP contribution in [0.2, 0.25) is 0 Å². The summed E-state index contributed by atoms with van der Waals surface area (Å²) in [4.78, 5) is 30.4. The molecule has 0 unspecified atom stereocenters. The van der Waals surface area contributed by atoms with Crippen LogP contribution in [0.25, 0.3) is 10.9 Å². The monoisotopic (exact) mass is 411 g/mol. The minimum atomic E-state index is -0.119. The van der Waals surface area contributed by atoms with Crippen molar-refractivity contribution in [2.75, 3.05) is 19.5 Å². The van der Waals surface area contributed by atoms with Gasteiger partial charge in [-0.25, -0.2) is 4.98 Å². The van der Waals surface area contributed by atoms with E-state index in [1.54, 1.807) is 17.7 Å². The fourth-order valence-corrected chi connectivity index (χ4v) is 4.25. The van der Waals surface area contributed by atoms with E-state index in [1.165, 1.54) is 11.8 Å². The number of benzene rings is 1. The molecule has 0 saturated carbocycles. The molecule has 6 nitrogen and oxygen atoms in total. The van der Waals surface area contributed by atoms with E-state index in [2.05, 4.69) is 16.1 Å². The number of ketones is 1. The summed E-state index contributed by atoms with van der Waals surface area (Å²) in [6, 6.07) is 9.16. The molecule has 0 amide bonds. The lowest BCUT2D eigenvalue weighted by molar-refractivity contribution is 0.102. The Kier molecular flexibility index (Phi) is 6.71. The molecule has 0 aliphatic heterocycles. The average Bonchev–Trinajstić information content (AvgIpc) is 3.00. The third-order valence-electron chi connectivity index (χ3n) is 4.86. The molecule has 0 radical (unpaired) electrons. The Labute approximate surface area is 174 Å². The lowest BCUT2D eigenvalue weighted by atomic mass is 10.2. The second kappa shape index (κ2) is 9.24. The van der Waals surface area contributed by atoms with Gasteiger partial charge in [-0.3, -0.25) is 14.2 Å². The van der Waals surface area contributed by atoms with Crippen molar-refractivity contribution in [2.24, 2.45) is 0 Å². The molecular weight excluding hydrogens is 386 g/mol. The van der Waals surface area contributed by atoms with Crippen LogP contribution >= 0.6 is 11.8 Å². The largest absolute Gasteiger partial charge is 0.383 e. The van der Waals surface area contributed by atoms with Crippen LogP contribution in [0.4, 0.5) is 0 Å². The number of hydrogen-bond acceptors (Lipinski definition) is 5. The molecule has 29 heavy (non-hydrogen) atoms. The van der Waals surface area contributed by atoms with Gasteiger partial charge in [-0.05, 0) is 32.0 Å². The molecule has 0 saturated heterocycles. The van der Waals surface area contributed by atoms with Crippen LogP contribution < -0.4 is 5.56 Å². The molecular formula is C22H25N3O3S. The Bertz CT molecular complexity index is 1110. The maximum atomic E-state index is 12.9. The van der Waals surface area contributed by atoms with Crippen molar-refractivity contribution < 1.29 is 9.53 Å². The Morgan fingerprint density at radius 3 is 2.76 bits per heavy atom. The number of carbonyl (C=O) groups excluding carboxylic acids is 1. The van der Waals surface area contributed by atoms with E-state index in [9.17, 15) is 9.59 Å². The van der Waals surface area contributed by atoms with Gasteiger partial charge in [0, 0.05) is 30.6 Å². The number of aryl methyl sites for hydroxylation is 1. The van der Waals surface area contributed by atoms with Crippen molar-refractivity contribution in [1.82, 2.24) is 14.1 Å². The molecule has 0 atom stereocenters. The third-order valence-corrected chi connectivity index (χ3v) is 5.84. The van der Waals surface area contributed by atoms with Crippen molar-refractivity contribution in [3.05, 3.63) is 70.3 Å². The van der Waals surface area contributed by atoms with E-state index >= 15 is 0 Å². The molecule has 2 heterocycles. The molecule has 3 rings (SSSR count). The van der Waals surface area contributed by atoms with Crippen LogP contribution in [0.5, 0.6) is 0 Å². The molecule has 0 N–H and O–H groups in total. The molecule has 7 heteroatoms. The number of para-hydroxylation sites is 1. The Hall–Kier alpha value is -2.64. The topological polar surface area (TPSA) is 66.1 Å².